The van der Waals surface area contributed by atoms with Crippen molar-refractivity contribution in [2.45, 2.75) is 0 Å². The number of aromatic nitrogens is 1. The zero-order valence-electron chi connectivity index (χ0n) is 10.1. The van der Waals surface area contributed by atoms with E-state index in [2.05, 4.69) is 10.3 Å². The van der Waals surface area contributed by atoms with E-state index >= 15 is 0 Å². The van der Waals surface area contributed by atoms with Gasteiger partial charge in [-0.3, -0.25) is 0 Å². The monoisotopic (exact) mass is 297 g/mol. The van der Waals surface area contributed by atoms with Crippen molar-refractivity contribution >= 4 is 34.7 Å². The Hall–Kier alpha value is -1.65. The highest BCUT2D eigenvalue weighted by molar-refractivity contribution is 6.35. The highest BCUT2D eigenvalue weighted by atomic mass is 35.5. The molecule has 0 radical (unpaired) electrons. The molecule has 1 heterocycles. The molecule has 19 heavy (non-hydrogen) atoms. The molecule has 4 nitrogen and oxygen atoms in total. The number of benzene rings is 1. The molecule has 0 bridgehead atoms. The minimum absolute atomic E-state index is 0.476. The van der Waals surface area contributed by atoms with E-state index in [1.807, 2.05) is 18.2 Å². The molecule has 2 rings (SSSR count). The molecule has 100 valence electrons. The maximum Gasteiger partial charge on any atom is 0.144 e. The molecule has 0 atom stereocenters. The number of anilines is 2. The van der Waals surface area contributed by atoms with Gasteiger partial charge in [0.15, 0.2) is 0 Å². The highest BCUT2D eigenvalue weighted by Crippen LogP contribution is 2.22. The van der Waals surface area contributed by atoms with E-state index in [4.69, 9.17) is 33.7 Å². The Kier molecular flexibility index (Phi) is 4.71. The minimum Gasteiger partial charge on any atom is -0.492 e. The Morgan fingerprint density at radius 2 is 2.11 bits per heavy atom. The topological polar surface area (TPSA) is 60.2 Å². The maximum atomic E-state index is 5.98. The Labute approximate surface area is 121 Å². The molecular formula is C13H13Cl2N3O. The number of nitrogens with one attached hydrogen (secondary N) is 1. The first kappa shape index (κ1) is 13.8. The van der Waals surface area contributed by atoms with Crippen molar-refractivity contribution in [1.82, 2.24) is 4.98 Å². The summed E-state index contributed by atoms with van der Waals surface area (Å²) in [6.45, 7) is 1.05. The summed E-state index contributed by atoms with van der Waals surface area (Å²) >= 11 is 11.7. The first-order valence-corrected chi connectivity index (χ1v) is 6.44. The number of nitrogens with zero attached hydrogens (tertiary/aromatic N) is 1. The van der Waals surface area contributed by atoms with Crippen LogP contribution in [0.4, 0.5) is 11.5 Å². The van der Waals surface area contributed by atoms with Gasteiger partial charge in [0.25, 0.3) is 0 Å². The van der Waals surface area contributed by atoms with Crippen LogP contribution in [-0.2, 0) is 0 Å². The molecule has 0 saturated heterocycles. The molecule has 1 aromatic heterocycles. The summed E-state index contributed by atoms with van der Waals surface area (Å²) in [6.07, 6.45) is 1.54. The van der Waals surface area contributed by atoms with Crippen molar-refractivity contribution in [2.75, 3.05) is 24.2 Å². The fourth-order valence-electron chi connectivity index (χ4n) is 1.49. The second-order valence-electron chi connectivity index (χ2n) is 3.83. The predicted octanol–water partition coefficient (Wildman–Crippen LogP) is 3.46. The molecule has 0 saturated carbocycles. The van der Waals surface area contributed by atoms with Crippen molar-refractivity contribution in [3.05, 3.63) is 46.6 Å². The van der Waals surface area contributed by atoms with Crippen LogP contribution in [0.3, 0.4) is 0 Å². The van der Waals surface area contributed by atoms with Gasteiger partial charge < -0.3 is 15.8 Å². The molecule has 0 spiro atoms. The van der Waals surface area contributed by atoms with Crippen LogP contribution in [0.15, 0.2) is 36.5 Å². The van der Waals surface area contributed by atoms with E-state index in [1.54, 1.807) is 12.1 Å². The number of pyridine rings is 1. The zero-order valence-corrected chi connectivity index (χ0v) is 11.6. The Balaban J connectivity index is 1.81. The third-order valence-electron chi connectivity index (χ3n) is 2.33. The van der Waals surface area contributed by atoms with E-state index < -0.39 is 0 Å². The third-order valence-corrected chi connectivity index (χ3v) is 2.82. The molecule has 2 aromatic rings. The van der Waals surface area contributed by atoms with Gasteiger partial charge in [0, 0.05) is 18.0 Å². The Morgan fingerprint density at radius 3 is 2.84 bits per heavy atom. The van der Waals surface area contributed by atoms with Crippen LogP contribution >= 0.6 is 23.2 Å². The van der Waals surface area contributed by atoms with Crippen molar-refractivity contribution < 1.29 is 4.74 Å². The summed E-state index contributed by atoms with van der Waals surface area (Å²) in [5.41, 5.74) is 6.33. The van der Waals surface area contributed by atoms with Gasteiger partial charge in [-0.1, -0.05) is 29.3 Å². The van der Waals surface area contributed by atoms with E-state index in [0.29, 0.717) is 34.7 Å². The van der Waals surface area contributed by atoms with Gasteiger partial charge in [-0.15, -0.1) is 0 Å². The predicted molar refractivity (Wildman–Crippen MR) is 79.1 cm³/mol. The standard InChI is InChI=1S/C13H13Cl2N3O/c14-9-6-12(15)13(18-8-9)17-4-5-19-11-3-1-2-10(16)7-11/h1-3,6-8H,4-5,16H2,(H,17,18). The van der Waals surface area contributed by atoms with Crippen molar-refractivity contribution in [2.24, 2.45) is 0 Å². The number of hydrogen-bond acceptors (Lipinski definition) is 4. The lowest BCUT2D eigenvalue weighted by Gasteiger charge is -2.09. The van der Waals surface area contributed by atoms with Crippen LogP contribution in [0, 0.1) is 0 Å². The quantitative estimate of drug-likeness (QED) is 0.655. The van der Waals surface area contributed by atoms with Crippen LogP contribution in [0.5, 0.6) is 5.75 Å². The van der Waals surface area contributed by atoms with E-state index in [-0.39, 0.29) is 0 Å². The highest BCUT2D eigenvalue weighted by Gasteiger charge is 2.02. The van der Waals surface area contributed by atoms with Crippen LogP contribution in [0.1, 0.15) is 0 Å². The summed E-state index contributed by atoms with van der Waals surface area (Å²) in [5.74, 6) is 1.32. The van der Waals surface area contributed by atoms with Gasteiger partial charge >= 0.3 is 0 Å². The molecule has 0 aliphatic carbocycles. The SMILES string of the molecule is Nc1cccc(OCCNc2ncc(Cl)cc2Cl)c1. The van der Waals surface area contributed by atoms with Gasteiger partial charge in [0.1, 0.15) is 18.2 Å². The van der Waals surface area contributed by atoms with Crippen LogP contribution in [0.2, 0.25) is 10.0 Å². The van der Waals surface area contributed by atoms with Crippen LogP contribution in [-0.4, -0.2) is 18.1 Å². The largest absolute Gasteiger partial charge is 0.492 e. The minimum atomic E-state index is 0.476. The first-order chi connectivity index (χ1) is 9.15. The maximum absolute atomic E-state index is 5.98. The first-order valence-electron chi connectivity index (χ1n) is 5.68. The molecule has 0 fully saturated rings. The normalized spacial score (nSPS) is 10.2. The van der Waals surface area contributed by atoms with E-state index in [9.17, 15) is 0 Å². The summed E-state index contributed by atoms with van der Waals surface area (Å²) in [7, 11) is 0. The summed E-state index contributed by atoms with van der Waals surface area (Å²) in [6, 6.07) is 8.91. The van der Waals surface area contributed by atoms with Gasteiger partial charge in [-0.2, -0.15) is 0 Å². The number of hydrogen-bond donors (Lipinski definition) is 2. The third kappa shape index (κ3) is 4.19. The van der Waals surface area contributed by atoms with Gasteiger partial charge in [-0.05, 0) is 18.2 Å². The average molecular weight is 298 g/mol. The molecular weight excluding hydrogens is 285 g/mol. The smallest absolute Gasteiger partial charge is 0.144 e. The second-order valence-corrected chi connectivity index (χ2v) is 4.68. The van der Waals surface area contributed by atoms with Crippen molar-refractivity contribution in [3.8, 4) is 5.75 Å². The fraction of sp³-hybridized carbons (Fsp3) is 0.154. The fourth-order valence-corrected chi connectivity index (χ4v) is 1.93. The number of nitrogens with two attached hydrogens (primary N) is 1. The van der Waals surface area contributed by atoms with Crippen LogP contribution < -0.4 is 15.8 Å². The lowest BCUT2D eigenvalue weighted by atomic mass is 10.3. The molecule has 0 amide bonds. The Morgan fingerprint density at radius 1 is 1.26 bits per heavy atom. The van der Waals surface area contributed by atoms with Gasteiger partial charge in [-0.25, -0.2) is 4.98 Å². The molecule has 6 heteroatoms. The lowest BCUT2D eigenvalue weighted by molar-refractivity contribution is 0.333. The van der Waals surface area contributed by atoms with Gasteiger partial charge in [0.2, 0.25) is 0 Å². The Bertz CT molecular complexity index is 563. The number of halogens is 2. The number of ether oxygens (including phenoxy) is 1. The molecule has 0 aliphatic heterocycles. The molecule has 0 aliphatic rings. The van der Waals surface area contributed by atoms with E-state index in [0.717, 1.165) is 5.75 Å². The van der Waals surface area contributed by atoms with Gasteiger partial charge in [0.05, 0.1) is 16.6 Å². The summed E-state index contributed by atoms with van der Waals surface area (Å²) < 4.78 is 5.53. The van der Waals surface area contributed by atoms with Crippen LogP contribution in [0.25, 0.3) is 0 Å². The number of nitrogen functional groups attached to an aromatic ring is 1. The lowest BCUT2D eigenvalue weighted by Crippen LogP contribution is -2.12. The van der Waals surface area contributed by atoms with Crippen molar-refractivity contribution in [1.29, 1.82) is 0 Å². The zero-order chi connectivity index (χ0) is 13.7. The summed E-state index contributed by atoms with van der Waals surface area (Å²) in [4.78, 5) is 4.09. The molecule has 3 N–H and O–H groups in total. The average Bonchev–Trinajstić information content (AvgIpc) is 2.37. The number of rotatable bonds is 5. The van der Waals surface area contributed by atoms with E-state index in [1.165, 1.54) is 6.20 Å². The molecule has 1 aromatic carbocycles. The van der Waals surface area contributed by atoms with Crippen molar-refractivity contribution in [3.63, 3.8) is 0 Å². The summed E-state index contributed by atoms with van der Waals surface area (Å²) in [5, 5.41) is 4.06. The molecule has 0 unspecified atom stereocenters. The second kappa shape index (κ2) is 6.50.